The molecule has 7 nitrogen and oxygen atoms in total. The summed E-state index contributed by atoms with van der Waals surface area (Å²) in [5.74, 6) is -1.12. The summed E-state index contributed by atoms with van der Waals surface area (Å²) in [6.45, 7) is 8.47. The monoisotopic (exact) mass is 333 g/mol. The number of carbonyl (C=O) groups is 1. The molecular weight excluding hydrogens is 309 g/mol. The topological polar surface area (TPSA) is 107 Å². The molecule has 0 bridgehead atoms. The molecule has 1 aromatic rings. The lowest BCUT2D eigenvalue weighted by Crippen LogP contribution is -2.41. The van der Waals surface area contributed by atoms with Crippen molar-refractivity contribution in [3.8, 4) is 0 Å². The number of pyridine rings is 1. The van der Waals surface area contributed by atoms with Gasteiger partial charge in [-0.15, -0.1) is 0 Å². The zero-order valence-electron chi connectivity index (χ0n) is 14.7. The lowest BCUT2D eigenvalue weighted by atomic mass is 9.77. The third-order valence-corrected chi connectivity index (χ3v) is 4.46. The normalized spacial score (nSPS) is 19.5. The van der Waals surface area contributed by atoms with Gasteiger partial charge in [-0.3, -0.25) is 0 Å². The van der Waals surface area contributed by atoms with E-state index in [2.05, 4.69) is 10.3 Å². The van der Waals surface area contributed by atoms with Crippen LogP contribution in [-0.2, 0) is 9.31 Å². The molecule has 1 fully saturated rings. The summed E-state index contributed by atoms with van der Waals surface area (Å²) >= 11 is 0. The van der Waals surface area contributed by atoms with Gasteiger partial charge in [-0.05, 0) is 51.8 Å². The van der Waals surface area contributed by atoms with Gasteiger partial charge in [0.25, 0.3) is 0 Å². The first kappa shape index (κ1) is 18.4. The van der Waals surface area contributed by atoms with E-state index >= 15 is 0 Å². The molecule has 8 heteroatoms. The molecule has 1 saturated heterocycles. The fourth-order valence-corrected chi connectivity index (χ4v) is 2.36. The molecular formula is C16H24BN3O4. The van der Waals surface area contributed by atoms with Gasteiger partial charge in [0.2, 0.25) is 0 Å². The van der Waals surface area contributed by atoms with E-state index in [0.29, 0.717) is 12.1 Å². The molecule has 2 heterocycles. The Labute approximate surface area is 142 Å². The molecule has 1 aliphatic rings. The zero-order valence-corrected chi connectivity index (χ0v) is 14.7. The number of carboxylic acids is 1. The number of anilines is 1. The van der Waals surface area contributed by atoms with Crippen molar-refractivity contribution in [2.24, 2.45) is 0 Å². The molecule has 0 amide bonds. The van der Waals surface area contributed by atoms with Crippen molar-refractivity contribution in [1.29, 1.82) is 0 Å². The molecule has 0 radical (unpaired) electrons. The summed E-state index contributed by atoms with van der Waals surface area (Å²) in [4.78, 5) is 15.2. The molecule has 1 aromatic heterocycles. The third-order valence-electron chi connectivity index (χ3n) is 4.46. The average molecular weight is 333 g/mol. The minimum Gasteiger partial charge on any atom is -0.478 e. The second-order valence-corrected chi connectivity index (χ2v) is 6.84. The maximum atomic E-state index is 11.2. The number of nitrogen functional groups attached to an aromatic ring is 1. The largest absolute Gasteiger partial charge is 0.491 e. The van der Waals surface area contributed by atoms with Crippen molar-refractivity contribution < 1.29 is 19.2 Å². The Morgan fingerprint density at radius 1 is 1.38 bits per heavy atom. The van der Waals surface area contributed by atoms with E-state index in [0.717, 1.165) is 5.47 Å². The van der Waals surface area contributed by atoms with Crippen LogP contribution >= 0.6 is 0 Å². The number of hydrogen-bond donors (Lipinski definition) is 3. The Hall–Kier alpha value is -1.90. The van der Waals surface area contributed by atoms with Gasteiger partial charge >= 0.3 is 13.1 Å². The number of carboxylic acid groups (broad SMARTS) is 1. The Morgan fingerprint density at radius 2 is 1.96 bits per heavy atom. The van der Waals surface area contributed by atoms with E-state index in [1.165, 1.54) is 12.3 Å². The van der Waals surface area contributed by atoms with E-state index in [-0.39, 0.29) is 11.4 Å². The van der Waals surface area contributed by atoms with Crippen LogP contribution in [0, 0.1) is 0 Å². The Balaban J connectivity index is 2.37. The van der Waals surface area contributed by atoms with Gasteiger partial charge < -0.3 is 25.5 Å². The first-order valence-electron chi connectivity index (χ1n) is 7.77. The highest BCUT2D eigenvalue weighted by molar-refractivity contribution is 6.55. The average Bonchev–Trinajstić information content (AvgIpc) is 2.68. The molecule has 0 atom stereocenters. The number of hydrogen-bond acceptors (Lipinski definition) is 6. The molecule has 130 valence electrons. The van der Waals surface area contributed by atoms with Gasteiger partial charge in [0.1, 0.15) is 11.4 Å². The van der Waals surface area contributed by atoms with Crippen LogP contribution in [-0.4, -0.2) is 48.0 Å². The Morgan fingerprint density at radius 3 is 2.46 bits per heavy atom. The van der Waals surface area contributed by atoms with Gasteiger partial charge in [0.05, 0.1) is 11.2 Å². The van der Waals surface area contributed by atoms with Crippen LogP contribution in [0.15, 0.2) is 17.7 Å². The molecule has 0 unspecified atom stereocenters. The van der Waals surface area contributed by atoms with Crippen molar-refractivity contribution in [1.82, 2.24) is 10.3 Å². The second-order valence-electron chi connectivity index (χ2n) is 6.84. The Bertz CT molecular complexity index is 657. The van der Waals surface area contributed by atoms with Crippen LogP contribution in [0.2, 0.25) is 0 Å². The molecule has 4 N–H and O–H groups in total. The predicted octanol–water partition coefficient (Wildman–Crippen LogP) is 1.60. The SMILES string of the molecule is CNCC(=Cc1cnc(N)c(C(=O)O)c1)B1OC(C)(C)C(C)(C)O1. The van der Waals surface area contributed by atoms with Crippen molar-refractivity contribution in [3.05, 3.63) is 28.9 Å². The van der Waals surface area contributed by atoms with Gasteiger partial charge in [-0.2, -0.15) is 0 Å². The van der Waals surface area contributed by atoms with Crippen molar-refractivity contribution in [3.63, 3.8) is 0 Å². The Kier molecular flexibility index (Phi) is 5.03. The second kappa shape index (κ2) is 6.54. The summed E-state index contributed by atoms with van der Waals surface area (Å²) < 4.78 is 12.1. The fourth-order valence-electron chi connectivity index (χ4n) is 2.36. The number of nitrogens with two attached hydrogens (primary N) is 1. The number of aromatic nitrogens is 1. The maximum absolute atomic E-state index is 11.2. The number of rotatable bonds is 5. The predicted molar refractivity (Wildman–Crippen MR) is 93.6 cm³/mol. The number of nitrogens with zero attached hydrogens (tertiary/aromatic N) is 1. The van der Waals surface area contributed by atoms with E-state index in [4.69, 9.17) is 15.0 Å². The highest BCUT2D eigenvalue weighted by Crippen LogP contribution is 2.38. The maximum Gasteiger partial charge on any atom is 0.491 e. The van der Waals surface area contributed by atoms with E-state index in [9.17, 15) is 9.90 Å². The summed E-state index contributed by atoms with van der Waals surface area (Å²) in [6, 6.07) is 1.49. The minimum absolute atomic E-state index is 0.00884. The van der Waals surface area contributed by atoms with Crippen molar-refractivity contribution >= 4 is 25.0 Å². The molecule has 0 aliphatic carbocycles. The van der Waals surface area contributed by atoms with Gasteiger partial charge in [-0.1, -0.05) is 6.08 Å². The smallest absolute Gasteiger partial charge is 0.478 e. The minimum atomic E-state index is -1.11. The summed E-state index contributed by atoms with van der Waals surface area (Å²) in [5.41, 5.74) is 6.15. The van der Waals surface area contributed by atoms with Crippen molar-refractivity contribution in [2.75, 3.05) is 19.3 Å². The lowest BCUT2D eigenvalue weighted by Gasteiger charge is -2.32. The first-order chi connectivity index (χ1) is 11.1. The van der Waals surface area contributed by atoms with Gasteiger partial charge in [-0.25, -0.2) is 9.78 Å². The van der Waals surface area contributed by atoms with Gasteiger partial charge in [0, 0.05) is 12.7 Å². The van der Waals surface area contributed by atoms with E-state index < -0.39 is 24.3 Å². The van der Waals surface area contributed by atoms with Crippen LogP contribution in [0.5, 0.6) is 0 Å². The van der Waals surface area contributed by atoms with Crippen LogP contribution in [0.1, 0.15) is 43.6 Å². The number of likely N-dealkylation sites (N-methyl/N-ethyl adjacent to an activating group) is 1. The molecule has 1 aliphatic heterocycles. The van der Waals surface area contributed by atoms with E-state index in [1.54, 1.807) is 0 Å². The van der Waals surface area contributed by atoms with Crippen LogP contribution in [0.3, 0.4) is 0 Å². The van der Waals surface area contributed by atoms with Crippen LogP contribution in [0.25, 0.3) is 6.08 Å². The molecule has 24 heavy (non-hydrogen) atoms. The molecule has 0 saturated carbocycles. The van der Waals surface area contributed by atoms with Crippen LogP contribution in [0.4, 0.5) is 5.82 Å². The first-order valence-corrected chi connectivity index (χ1v) is 7.77. The molecule has 0 spiro atoms. The summed E-state index contributed by atoms with van der Waals surface area (Å²) in [5, 5.41) is 12.3. The number of aromatic carboxylic acids is 1. The molecule has 2 rings (SSSR count). The standard InChI is InChI=1S/C16H24BN3O4/c1-15(2)16(3,4)24-17(23-15)11(9-19-5)6-10-7-12(14(21)22)13(18)20-8-10/h6-8,19H,9H2,1-5H3,(H2,18,20)(H,21,22). The molecule has 0 aromatic carbocycles. The van der Waals surface area contributed by atoms with Crippen molar-refractivity contribution in [2.45, 2.75) is 38.9 Å². The zero-order chi connectivity index (χ0) is 18.1. The van der Waals surface area contributed by atoms with E-state index in [1.807, 2.05) is 40.8 Å². The summed E-state index contributed by atoms with van der Waals surface area (Å²) in [7, 11) is 1.30. The third kappa shape index (κ3) is 3.61. The highest BCUT2D eigenvalue weighted by Gasteiger charge is 2.52. The lowest BCUT2D eigenvalue weighted by molar-refractivity contribution is 0.00578. The fraction of sp³-hybridized carbons (Fsp3) is 0.500. The summed E-state index contributed by atoms with van der Waals surface area (Å²) in [6.07, 6.45) is 3.35. The quantitative estimate of drug-likeness (QED) is 0.703. The number of nitrogens with one attached hydrogen (secondary N) is 1. The highest BCUT2D eigenvalue weighted by atomic mass is 16.7. The van der Waals surface area contributed by atoms with Crippen LogP contribution < -0.4 is 11.1 Å². The van der Waals surface area contributed by atoms with Gasteiger partial charge in [0.15, 0.2) is 0 Å².